The van der Waals surface area contributed by atoms with Crippen molar-refractivity contribution < 1.29 is 17.9 Å². The predicted molar refractivity (Wildman–Crippen MR) is 111 cm³/mol. The van der Waals surface area contributed by atoms with Gasteiger partial charge in [0.15, 0.2) is 5.96 Å². The Morgan fingerprint density at radius 1 is 1.22 bits per heavy atom. The highest BCUT2D eigenvalue weighted by atomic mass is 127. The zero-order valence-electron chi connectivity index (χ0n) is 15.9. The third-order valence-electron chi connectivity index (χ3n) is 4.60. The molecule has 1 aliphatic heterocycles. The number of ether oxygens (including phenoxy) is 1. The molecular weight excluding hydrogens is 472 g/mol. The Kier molecular flexibility index (Phi) is 9.82. The van der Waals surface area contributed by atoms with Crippen LogP contribution in [0, 0.1) is 0 Å². The lowest BCUT2D eigenvalue weighted by molar-refractivity contribution is -0.181. The number of hydrogen-bond acceptors (Lipinski definition) is 3. The third-order valence-corrected chi connectivity index (χ3v) is 4.60. The first kappa shape index (κ1) is 24.0. The van der Waals surface area contributed by atoms with E-state index < -0.39 is 12.2 Å². The van der Waals surface area contributed by atoms with E-state index in [0.29, 0.717) is 45.3 Å². The molecule has 1 aromatic rings. The molecule has 5 nitrogen and oxygen atoms in total. The Balaban J connectivity index is 0.00000364. The molecule has 0 radical (unpaired) electrons. The summed E-state index contributed by atoms with van der Waals surface area (Å²) in [6.07, 6.45) is -4.19. The van der Waals surface area contributed by atoms with E-state index in [0.717, 1.165) is 11.1 Å². The SMILES string of the molecule is CN=C(NCc1cccc(COC)c1)N1CCN(C(C)C(F)(F)F)CC1.I. The number of halogens is 4. The van der Waals surface area contributed by atoms with E-state index >= 15 is 0 Å². The van der Waals surface area contributed by atoms with Crippen LogP contribution in [0.4, 0.5) is 13.2 Å². The second-order valence-corrected chi connectivity index (χ2v) is 6.39. The molecule has 154 valence electrons. The van der Waals surface area contributed by atoms with Crippen molar-refractivity contribution >= 4 is 29.9 Å². The summed E-state index contributed by atoms with van der Waals surface area (Å²) in [5.74, 6) is 0.710. The average molecular weight is 500 g/mol. The minimum absolute atomic E-state index is 0. The molecule has 1 unspecified atom stereocenters. The Morgan fingerprint density at radius 3 is 2.41 bits per heavy atom. The monoisotopic (exact) mass is 500 g/mol. The Hall–Kier alpha value is -1.07. The summed E-state index contributed by atoms with van der Waals surface area (Å²) in [5.41, 5.74) is 2.20. The summed E-state index contributed by atoms with van der Waals surface area (Å²) in [7, 11) is 3.35. The van der Waals surface area contributed by atoms with Crippen LogP contribution in [0.25, 0.3) is 0 Å². The van der Waals surface area contributed by atoms with Crippen LogP contribution in [0.5, 0.6) is 0 Å². The number of nitrogens with zero attached hydrogens (tertiary/aromatic N) is 3. The van der Waals surface area contributed by atoms with Gasteiger partial charge in [-0.25, -0.2) is 0 Å². The van der Waals surface area contributed by atoms with E-state index in [2.05, 4.69) is 16.4 Å². The summed E-state index contributed by atoms with van der Waals surface area (Å²) in [6.45, 7) is 4.14. The summed E-state index contributed by atoms with van der Waals surface area (Å²) in [5, 5.41) is 3.29. The number of hydrogen-bond donors (Lipinski definition) is 1. The molecule has 1 atom stereocenters. The maximum Gasteiger partial charge on any atom is 0.403 e. The molecular formula is C18H28F3IN4O. The molecule has 1 aliphatic rings. The molecule has 27 heavy (non-hydrogen) atoms. The second kappa shape index (κ2) is 11.1. The first-order chi connectivity index (χ1) is 12.3. The number of guanidine groups is 1. The van der Waals surface area contributed by atoms with Crippen LogP contribution in [0.1, 0.15) is 18.1 Å². The van der Waals surface area contributed by atoms with Crippen LogP contribution in [0.2, 0.25) is 0 Å². The number of nitrogens with one attached hydrogen (secondary N) is 1. The molecule has 1 saturated heterocycles. The highest BCUT2D eigenvalue weighted by molar-refractivity contribution is 14.0. The van der Waals surface area contributed by atoms with E-state index in [1.54, 1.807) is 14.2 Å². The predicted octanol–water partition coefficient (Wildman–Crippen LogP) is 3.09. The highest BCUT2D eigenvalue weighted by Crippen LogP contribution is 2.25. The number of methoxy groups -OCH3 is 1. The normalized spacial score (nSPS) is 17.4. The zero-order chi connectivity index (χ0) is 19.2. The van der Waals surface area contributed by atoms with Crippen LogP contribution >= 0.6 is 24.0 Å². The van der Waals surface area contributed by atoms with Crippen molar-refractivity contribution in [2.24, 2.45) is 4.99 Å². The lowest BCUT2D eigenvalue weighted by Gasteiger charge is -2.39. The molecule has 0 aromatic heterocycles. The van der Waals surface area contributed by atoms with E-state index in [1.165, 1.54) is 11.8 Å². The Morgan fingerprint density at radius 2 is 1.85 bits per heavy atom. The van der Waals surface area contributed by atoms with Gasteiger partial charge in [-0.05, 0) is 18.1 Å². The summed E-state index contributed by atoms with van der Waals surface area (Å²) < 4.78 is 43.7. The molecule has 2 rings (SSSR count). The molecule has 0 bridgehead atoms. The van der Waals surface area contributed by atoms with Crippen LogP contribution in [-0.4, -0.2) is 68.3 Å². The van der Waals surface area contributed by atoms with Crippen LogP contribution in [0.15, 0.2) is 29.3 Å². The first-order valence-corrected chi connectivity index (χ1v) is 8.68. The van der Waals surface area contributed by atoms with E-state index in [4.69, 9.17) is 4.74 Å². The van der Waals surface area contributed by atoms with Gasteiger partial charge in [-0.15, -0.1) is 24.0 Å². The van der Waals surface area contributed by atoms with Gasteiger partial charge >= 0.3 is 6.18 Å². The highest BCUT2D eigenvalue weighted by Gasteiger charge is 2.41. The largest absolute Gasteiger partial charge is 0.403 e. The van der Waals surface area contributed by atoms with E-state index in [-0.39, 0.29) is 24.0 Å². The number of alkyl halides is 3. The lowest BCUT2D eigenvalue weighted by atomic mass is 10.1. The maximum atomic E-state index is 12.9. The van der Waals surface area contributed by atoms with Gasteiger partial charge < -0.3 is 15.0 Å². The van der Waals surface area contributed by atoms with E-state index in [1.807, 2.05) is 23.1 Å². The van der Waals surface area contributed by atoms with Gasteiger partial charge in [0.1, 0.15) is 6.04 Å². The topological polar surface area (TPSA) is 40.1 Å². The first-order valence-electron chi connectivity index (χ1n) is 8.68. The Bertz CT molecular complexity index is 605. The van der Waals surface area contributed by atoms with Crippen LogP contribution in [-0.2, 0) is 17.9 Å². The van der Waals surface area contributed by atoms with Gasteiger partial charge in [0.2, 0.25) is 0 Å². The Labute approximate surface area is 176 Å². The van der Waals surface area contributed by atoms with Crippen molar-refractivity contribution in [3.05, 3.63) is 35.4 Å². The van der Waals surface area contributed by atoms with Gasteiger partial charge in [0.05, 0.1) is 6.61 Å². The van der Waals surface area contributed by atoms with Crippen molar-refractivity contribution in [1.82, 2.24) is 15.1 Å². The fourth-order valence-electron chi connectivity index (χ4n) is 3.04. The quantitative estimate of drug-likeness (QED) is 0.384. The molecule has 0 amide bonds. The molecule has 9 heteroatoms. The summed E-state index contributed by atoms with van der Waals surface area (Å²) in [4.78, 5) is 7.74. The van der Waals surface area contributed by atoms with Crippen molar-refractivity contribution in [2.45, 2.75) is 32.3 Å². The van der Waals surface area contributed by atoms with Crippen molar-refractivity contribution in [2.75, 3.05) is 40.3 Å². The van der Waals surface area contributed by atoms with Gasteiger partial charge in [0.25, 0.3) is 0 Å². The van der Waals surface area contributed by atoms with Crippen LogP contribution in [0.3, 0.4) is 0 Å². The zero-order valence-corrected chi connectivity index (χ0v) is 18.3. The number of piperazine rings is 1. The average Bonchev–Trinajstić information content (AvgIpc) is 2.62. The maximum absolute atomic E-state index is 12.9. The van der Waals surface area contributed by atoms with E-state index in [9.17, 15) is 13.2 Å². The molecule has 1 aromatic carbocycles. The smallest absolute Gasteiger partial charge is 0.380 e. The molecule has 0 aliphatic carbocycles. The number of benzene rings is 1. The van der Waals surface area contributed by atoms with Crippen molar-refractivity contribution in [3.8, 4) is 0 Å². The fourth-order valence-corrected chi connectivity index (χ4v) is 3.04. The standard InChI is InChI=1S/C18H27F3N4O.HI/c1-14(18(19,20)21)24-7-9-25(10-8-24)17(22-2)23-12-15-5-4-6-16(11-15)13-26-3;/h4-6,11,14H,7-10,12-13H2,1-3H3,(H,22,23);1H. The number of aliphatic imine (C=N–C) groups is 1. The van der Waals surface area contributed by atoms with Crippen LogP contribution < -0.4 is 5.32 Å². The fraction of sp³-hybridized carbons (Fsp3) is 0.611. The van der Waals surface area contributed by atoms with Gasteiger partial charge in [-0.1, -0.05) is 24.3 Å². The van der Waals surface area contributed by atoms with Crippen molar-refractivity contribution in [3.63, 3.8) is 0 Å². The molecule has 0 saturated carbocycles. The molecule has 0 spiro atoms. The van der Waals surface area contributed by atoms with Gasteiger partial charge in [0, 0.05) is 46.9 Å². The minimum atomic E-state index is -4.19. The summed E-state index contributed by atoms with van der Waals surface area (Å²) in [6, 6.07) is 6.65. The molecule has 1 fully saturated rings. The van der Waals surface area contributed by atoms with Gasteiger partial charge in [-0.2, -0.15) is 13.2 Å². The summed E-state index contributed by atoms with van der Waals surface area (Å²) >= 11 is 0. The number of rotatable bonds is 5. The van der Waals surface area contributed by atoms with Gasteiger partial charge in [-0.3, -0.25) is 9.89 Å². The molecule has 1 heterocycles. The third kappa shape index (κ3) is 7.11. The van der Waals surface area contributed by atoms with Crippen molar-refractivity contribution in [1.29, 1.82) is 0 Å². The second-order valence-electron chi connectivity index (χ2n) is 6.39. The molecule has 1 N–H and O–H groups in total. The minimum Gasteiger partial charge on any atom is -0.380 e. The lowest BCUT2D eigenvalue weighted by Crippen LogP contribution is -2.56.